The second-order valence-electron chi connectivity index (χ2n) is 2.68. The van der Waals surface area contributed by atoms with E-state index in [2.05, 4.69) is 0 Å². The lowest BCUT2D eigenvalue weighted by Gasteiger charge is -1.99. The topological polar surface area (TPSA) is 63.3 Å². The van der Waals surface area contributed by atoms with Crippen LogP contribution in [0.1, 0.15) is 15.9 Å². The van der Waals surface area contributed by atoms with Gasteiger partial charge < -0.3 is 10.8 Å². The summed E-state index contributed by atoms with van der Waals surface area (Å²) < 4.78 is 0. The number of benzene rings is 1. The molecule has 0 aliphatic rings. The maximum absolute atomic E-state index is 10.6. The Morgan fingerprint density at radius 1 is 1.57 bits per heavy atom. The fourth-order valence-corrected chi connectivity index (χ4v) is 1.28. The van der Waals surface area contributed by atoms with Gasteiger partial charge >= 0.3 is 5.97 Å². The van der Waals surface area contributed by atoms with Gasteiger partial charge in [0.1, 0.15) is 0 Å². The van der Waals surface area contributed by atoms with Crippen molar-refractivity contribution in [2.75, 3.05) is 6.54 Å². The third-order valence-corrected chi connectivity index (χ3v) is 1.98. The number of halogens is 1. The van der Waals surface area contributed by atoms with Gasteiger partial charge in [0.15, 0.2) is 0 Å². The fraction of sp³-hybridized carbons (Fsp3) is 0.100. The van der Waals surface area contributed by atoms with Crippen LogP contribution in [0, 0.1) is 0 Å². The van der Waals surface area contributed by atoms with E-state index in [1.165, 1.54) is 6.07 Å². The molecule has 74 valence electrons. The zero-order valence-electron chi connectivity index (χ0n) is 7.40. The van der Waals surface area contributed by atoms with Crippen molar-refractivity contribution in [1.29, 1.82) is 0 Å². The molecule has 1 aromatic carbocycles. The standard InChI is InChI=1S/C10H10ClNO2/c11-9-6-7(2-1-5-12)3-4-8(9)10(13)14/h1-4,6H,5,12H2,(H,13,14). The second-order valence-corrected chi connectivity index (χ2v) is 3.09. The lowest BCUT2D eigenvalue weighted by Crippen LogP contribution is -1.97. The summed E-state index contributed by atoms with van der Waals surface area (Å²) in [5.74, 6) is -1.02. The first-order valence-corrected chi connectivity index (χ1v) is 4.42. The minimum atomic E-state index is -1.02. The van der Waals surface area contributed by atoms with Crippen molar-refractivity contribution in [3.05, 3.63) is 40.4 Å². The molecule has 0 fully saturated rings. The van der Waals surface area contributed by atoms with Crippen LogP contribution in [0.3, 0.4) is 0 Å². The molecule has 0 saturated heterocycles. The van der Waals surface area contributed by atoms with Gasteiger partial charge in [-0.05, 0) is 17.7 Å². The summed E-state index contributed by atoms with van der Waals surface area (Å²) in [5, 5.41) is 8.94. The van der Waals surface area contributed by atoms with Gasteiger partial charge in [-0.2, -0.15) is 0 Å². The number of aromatic carboxylic acids is 1. The van der Waals surface area contributed by atoms with Gasteiger partial charge in [0.05, 0.1) is 10.6 Å². The highest BCUT2D eigenvalue weighted by Crippen LogP contribution is 2.18. The monoisotopic (exact) mass is 211 g/mol. The molecule has 0 aromatic heterocycles. The van der Waals surface area contributed by atoms with E-state index in [-0.39, 0.29) is 10.6 Å². The van der Waals surface area contributed by atoms with E-state index < -0.39 is 5.97 Å². The molecule has 4 heteroatoms. The van der Waals surface area contributed by atoms with E-state index in [1.54, 1.807) is 24.3 Å². The van der Waals surface area contributed by atoms with Crippen LogP contribution in [0.5, 0.6) is 0 Å². The van der Waals surface area contributed by atoms with Crippen LogP contribution in [-0.4, -0.2) is 17.6 Å². The number of carboxylic acid groups (broad SMARTS) is 1. The first-order valence-electron chi connectivity index (χ1n) is 4.04. The SMILES string of the molecule is NCC=Cc1ccc(C(=O)O)c(Cl)c1. The lowest BCUT2D eigenvalue weighted by atomic mass is 10.1. The van der Waals surface area contributed by atoms with Crippen molar-refractivity contribution < 1.29 is 9.90 Å². The Morgan fingerprint density at radius 3 is 2.79 bits per heavy atom. The van der Waals surface area contributed by atoms with Gasteiger partial charge in [-0.25, -0.2) is 4.79 Å². The maximum Gasteiger partial charge on any atom is 0.337 e. The first kappa shape index (κ1) is 10.8. The molecule has 3 N–H and O–H groups in total. The summed E-state index contributed by atoms with van der Waals surface area (Å²) in [5.41, 5.74) is 6.22. The highest BCUT2D eigenvalue weighted by molar-refractivity contribution is 6.33. The zero-order valence-corrected chi connectivity index (χ0v) is 8.16. The Kier molecular flexibility index (Phi) is 3.68. The van der Waals surface area contributed by atoms with Gasteiger partial charge in [0.25, 0.3) is 0 Å². The summed E-state index contributed by atoms with van der Waals surface area (Å²) in [6.07, 6.45) is 3.56. The van der Waals surface area contributed by atoms with Crippen molar-refractivity contribution in [3.63, 3.8) is 0 Å². The van der Waals surface area contributed by atoms with Crippen molar-refractivity contribution in [2.45, 2.75) is 0 Å². The maximum atomic E-state index is 10.6. The number of rotatable bonds is 3. The molecular weight excluding hydrogens is 202 g/mol. The molecule has 0 bridgehead atoms. The Balaban J connectivity index is 3.00. The zero-order chi connectivity index (χ0) is 10.6. The first-order chi connectivity index (χ1) is 6.65. The van der Waals surface area contributed by atoms with E-state index in [0.29, 0.717) is 6.54 Å². The van der Waals surface area contributed by atoms with Crippen LogP contribution >= 0.6 is 11.6 Å². The normalized spacial score (nSPS) is 10.7. The highest BCUT2D eigenvalue weighted by Gasteiger charge is 2.07. The Morgan fingerprint density at radius 2 is 2.29 bits per heavy atom. The van der Waals surface area contributed by atoms with Gasteiger partial charge in [-0.3, -0.25) is 0 Å². The second kappa shape index (κ2) is 4.79. The van der Waals surface area contributed by atoms with E-state index in [4.69, 9.17) is 22.4 Å². The van der Waals surface area contributed by atoms with Gasteiger partial charge in [-0.1, -0.05) is 29.8 Å². The molecule has 14 heavy (non-hydrogen) atoms. The number of carbonyl (C=O) groups is 1. The van der Waals surface area contributed by atoms with Crippen LogP contribution in [-0.2, 0) is 0 Å². The molecule has 1 rings (SSSR count). The minimum absolute atomic E-state index is 0.108. The summed E-state index contributed by atoms with van der Waals surface area (Å²) in [7, 11) is 0. The molecule has 0 spiro atoms. The summed E-state index contributed by atoms with van der Waals surface area (Å²) >= 11 is 5.76. The quantitative estimate of drug-likeness (QED) is 0.804. The molecule has 0 aliphatic carbocycles. The lowest BCUT2D eigenvalue weighted by molar-refractivity contribution is 0.0697. The molecule has 3 nitrogen and oxygen atoms in total. The summed E-state index contributed by atoms with van der Waals surface area (Å²) in [6.45, 7) is 0.443. The predicted octanol–water partition coefficient (Wildman–Crippen LogP) is 2.01. The number of nitrogens with two attached hydrogens (primary N) is 1. The van der Waals surface area contributed by atoms with E-state index in [0.717, 1.165) is 5.56 Å². The molecule has 0 aliphatic heterocycles. The molecular formula is C10H10ClNO2. The Labute approximate surface area is 86.8 Å². The average molecular weight is 212 g/mol. The van der Waals surface area contributed by atoms with Crippen LogP contribution in [0.15, 0.2) is 24.3 Å². The largest absolute Gasteiger partial charge is 0.478 e. The van der Waals surface area contributed by atoms with Gasteiger partial charge in [0.2, 0.25) is 0 Å². The smallest absolute Gasteiger partial charge is 0.337 e. The predicted molar refractivity (Wildman–Crippen MR) is 56.5 cm³/mol. The number of hydrogen-bond donors (Lipinski definition) is 2. The van der Waals surface area contributed by atoms with Crippen LogP contribution in [0.4, 0.5) is 0 Å². The Bertz CT molecular complexity index is 374. The fourth-order valence-electron chi connectivity index (χ4n) is 1.01. The van der Waals surface area contributed by atoms with Crippen LogP contribution in [0.2, 0.25) is 5.02 Å². The molecule has 0 heterocycles. The summed E-state index contributed by atoms with van der Waals surface area (Å²) in [6, 6.07) is 4.75. The molecule has 1 aromatic rings. The van der Waals surface area contributed by atoms with E-state index in [1.807, 2.05) is 0 Å². The van der Waals surface area contributed by atoms with Gasteiger partial charge in [0, 0.05) is 6.54 Å². The summed E-state index contributed by atoms with van der Waals surface area (Å²) in [4.78, 5) is 10.6. The van der Waals surface area contributed by atoms with Crippen molar-refractivity contribution >= 4 is 23.6 Å². The molecule has 0 amide bonds. The van der Waals surface area contributed by atoms with Crippen LogP contribution in [0.25, 0.3) is 6.08 Å². The average Bonchev–Trinajstić information content (AvgIpc) is 2.14. The third kappa shape index (κ3) is 2.58. The van der Waals surface area contributed by atoms with Crippen molar-refractivity contribution in [1.82, 2.24) is 0 Å². The molecule has 0 radical (unpaired) electrons. The van der Waals surface area contributed by atoms with Crippen LogP contribution < -0.4 is 5.73 Å². The number of hydrogen-bond acceptors (Lipinski definition) is 2. The third-order valence-electron chi connectivity index (χ3n) is 1.67. The van der Waals surface area contributed by atoms with E-state index in [9.17, 15) is 4.79 Å². The highest BCUT2D eigenvalue weighted by atomic mass is 35.5. The molecule has 0 atom stereocenters. The molecule has 0 unspecified atom stereocenters. The molecule has 0 saturated carbocycles. The van der Waals surface area contributed by atoms with Crippen molar-refractivity contribution in [2.24, 2.45) is 5.73 Å². The van der Waals surface area contributed by atoms with E-state index >= 15 is 0 Å². The Hall–Kier alpha value is -1.32. The van der Waals surface area contributed by atoms with Gasteiger partial charge in [-0.15, -0.1) is 0 Å². The number of carboxylic acids is 1. The van der Waals surface area contributed by atoms with Crippen molar-refractivity contribution in [3.8, 4) is 0 Å². The minimum Gasteiger partial charge on any atom is -0.478 e.